The normalized spacial score (nSPS) is 18.5. The zero-order valence-electron chi connectivity index (χ0n) is 12.2. The van der Waals surface area contributed by atoms with E-state index in [0.717, 1.165) is 41.7 Å². The van der Waals surface area contributed by atoms with Crippen molar-refractivity contribution in [3.63, 3.8) is 0 Å². The second kappa shape index (κ2) is 6.15. The number of H-pyrrole nitrogens is 1. The predicted molar refractivity (Wildman–Crippen MR) is 78.7 cm³/mol. The monoisotopic (exact) mass is 289 g/mol. The van der Waals surface area contributed by atoms with Crippen molar-refractivity contribution >= 4 is 0 Å². The summed E-state index contributed by atoms with van der Waals surface area (Å²) in [6, 6.07) is 5.79. The van der Waals surface area contributed by atoms with Crippen LogP contribution in [-0.4, -0.2) is 43.9 Å². The largest absolute Gasteiger partial charge is 0.497 e. The Morgan fingerprint density at radius 2 is 2.19 bits per heavy atom. The highest BCUT2D eigenvalue weighted by Gasteiger charge is 2.19. The minimum atomic E-state index is 0.101. The van der Waals surface area contributed by atoms with E-state index in [9.17, 15) is 0 Å². The first-order valence-electron chi connectivity index (χ1n) is 6.90. The third kappa shape index (κ3) is 2.86. The van der Waals surface area contributed by atoms with Crippen molar-refractivity contribution in [3.8, 4) is 22.8 Å². The maximum atomic E-state index is 5.47. The molecule has 6 nitrogen and oxygen atoms in total. The number of rotatable bonds is 4. The van der Waals surface area contributed by atoms with Crippen molar-refractivity contribution < 1.29 is 14.2 Å². The van der Waals surface area contributed by atoms with E-state index in [-0.39, 0.29) is 6.04 Å². The highest BCUT2D eigenvalue weighted by molar-refractivity contribution is 5.68. The van der Waals surface area contributed by atoms with Crippen LogP contribution in [0.2, 0.25) is 0 Å². The Morgan fingerprint density at radius 3 is 2.90 bits per heavy atom. The molecule has 112 valence electrons. The Balaban J connectivity index is 1.91. The van der Waals surface area contributed by atoms with Crippen LogP contribution in [0.25, 0.3) is 11.3 Å². The van der Waals surface area contributed by atoms with E-state index in [1.54, 1.807) is 14.2 Å². The first kappa shape index (κ1) is 13.9. The number of hydrogen-bond donors (Lipinski definition) is 2. The summed E-state index contributed by atoms with van der Waals surface area (Å²) in [5.41, 5.74) is 1.82. The van der Waals surface area contributed by atoms with Gasteiger partial charge in [-0.2, -0.15) is 0 Å². The fourth-order valence-corrected chi connectivity index (χ4v) is 2.42. The first-order chi connectivity index (χ1) is 10.3. The lowest BCUT2D eigenvalue weighted by atomic mass is 10.1. The van der Waals surface area contributed by atoms with Gasteiger partial charge >= 0.3 is 0 Å². The van der Waals surface area contributed by atoms with E-state index in [4.69, 9.17) is 14.2 Å². The number of imidazole rings is 1. The van der Waals surface area contributed by atoms with E-state index in [1.807, 2.05) is 24.4 Å². The van der Waals surface area contributed by atoms with Crippen molar-refractivity contribution in [2.24, 2.45) is 0 Å². The van der Waals surface area contributed by atoms with Gasteiger partial charge in [0.2, 0.25) is 0 Å². The zero-order chi connectivity index (χ0) is 14.7. The molecule has 0 aliphatic carbocycles. The van der Waals surface area contributed by atoms with Crippen LogP contribution in [0.1, 0.15) is 11.9 Å². The molecule has 1 aliphatic heterocycles. The van der Waals surface area contributed by atoms with Gasteiger partial charge < -0.3 is 24.5 Å². The maximum Gasteiger partial charge on any atom is 0.128 e. The molecule has 0 saturated carbocycles. The van der Waals surface area contributed by atoms with Crippen molar-refractivity contribution in [2.75, 3.05) is 34.0 Å². The SMILES string of the molecule is COc1ccc(OC)c(-c2cnc(C3COCCN3)[nH]2)c1. The van der Waals surface area contributed by atoms with E-state index >= 15 is 0 Å². The molecule has 1 saturated heterocycles. The molecule has 21 heavy (non-hydrogen) atoms. The van der Waals surface area contributed by atoms with Gasteiger partial charge in [-0.1, -0.05) is 0 Å². The van der Waals surface area contributed by atoms with E-state index in [2.05, 4.69) is 15.3 Å². The van der Waals surface area contributed by atoms with Crippen LogP contribution in [0.3, 0.4) is 0 Å². The second-order valence-electron chi connectivity index (χ2n) is 4.83. The van der Waals surface area contributed by atoms with E-state index < -0.39 is 0 Å². The van der Waals surface area contributed by atoms with Gasteiger partial charge in [0.25, 0.3) is 0 Å². The molecule has 6 heteroatoms. The molecular formula is C15H19N3O3. The summed E-state index contributed by atoms with van der Waals surface area (Å²) in [4.78, 5) is 7.79. The van der Waals surface area contributed by atoms with E-state index in [0.29, 0.717) is 6.61 Å². The lowest BCUT2D eigenvalue weighted by Gasteiger charge is -2.21. The van der Waals surface area contributed by atoms with Crippen molar-refractivity contribution in [3.05, 3.63) is 30.2 Å². The zero-order valence-corrected chi connectivity index (χ0v) is 12.2. The maximum absolute atomic E-state index is 5.47. The van der Waals surface area contributed by atoms with Crippen LogP contribution in [0.4, 0.5) is 0 Å². The van der Waals surface area contributed by atoms with Crippen LogP contribution >= 0.6 is 0 Å². The Kier molecular flexibility index (Phi) is 4.08. The topological polar surface area (TPSA) is 68.4 Å². The average molecular weight is 289 g/mol. The lowest BCUT2D eigenvalue weighted by molar-refractivity contribution is 0.0745. The number of hydrogen-bond acceptors (Lipinski definition) is 5. The Bertz CT molecular complexity index is 606. The molecule has 1 atom stereocenters. The number of ether oxygens (including phenoxy) is 3. The molecule has 1 fully saturated rings. The minimum Gasteiger partial charge on any atom is -0.497 e. The molecule has 2 N–H and O–H groups in total. The Labute approximate surface area is 123 Å². The summed E-state index contributed by atoms with van der Waals surface area (Å²) >= 11 is 0. The predicted octanol–water partition coefficient (Wildman–Crippen LogP) is 1.75. The summed E-state index contributed by atoms with van der Waals surface area (Å²) in [7, 11) is 3.30. The highest BCUT2D eigenvalue weighted by atomic mass is 16.5. The van der Waals surface area contributed by atoms with Crippen LogP contribution in [-0.2, 0) is 4.74 Å². The molecule has 0 spiro atoms. The molecule has 1 aromatic heterocycles. The van der Waals surface area contributed by atoms with Crippen molar-refractivity contribution in [1.29, 1.82) is 0 Å². The Hall–Kier alpha value is -2.05. The summed E-state index contributed by atoms with van der Waals surface area (Å²) in [5, 5.41) is 3.38. The van der Waals surface area contributed by atoms with Gasteiger partial charge in [0.15, 0.2) is 0 Å². The number of methoxy groups -OCH3 is 2. The number of aromatic nitrogens is 2. The van der Waals surface area contributed by atoms with Crippen molar-refractivity contribution in [2.45, 2.75) is 6.04 Å². The molecular weight excluding hydrogens is 270 g/mol. The molecule has 0 amide bonds. The third-order valence-electron chi connectivity index (χ3n) is 3.54. The van der Waals surface area contributed by atoms with Crippen molar-refractivity contribution in [1.82, 2.24) is 15.3 Å². The second-order valence-corrected chi connectivity index (χ2v) is 4.83. The lowest BCUT2D eigenvalue weighted by Crippen LogP contribution is -2.35. The number of benzene rings is 1. The highest BCUT2D eigenvalue weighted by Crippen LogP contribution is 2.32. The minimum absolute atomic E-state index is 0.101. The Morgan fingerprint density at radius 1 is 1.29 bits per heavy atom. The molecule has 0 bridgehead atoms. The summed E-state index contributed by atoms with van der Waals surface area (Å²) < 4.78 is 16.2. The van der Waals surface area contributed by atoms with Crippen LogP contribution in [0.15, 0.2) is 24.4 Å². The van der Waals surface area contributed by atoms with Gasteiger partial charge in [-0.3, -0.25) is 0 Å². The number of aromatic amines is 1. The number of nitrogens with zero attached hydrogens (tertiary/aromatic N) is 1. The van der Waals surface area contributed by atoms with Gasteiger partial charge in [0.05, 0.1) is 45.4 Å². The smallest absolute Gasteiger partial charge is 0.128 e. The number of morpholine rings is 1. The van der Waals surface area contributed by atoms with Crippen LogP contribution in [0.5, 0.6) is 11.5 Å². The molecule has 2 heterocycles. The quantitative estimate of drug-likeness (QED) is 0.897. The molecule has 1 unspecified atom stereocenters. The molecule has 0 radical (unpaired) electrons. The number of nitrogens with one attached hydrogen (secondary N) is 2. The van der Waals surface area contributed by atoms with Gasteiger partial charge in [0.1, 0.15) is 17.3 Å². The summed E-state index contributed by atoms with van der Waals surface area (Å²) in [6.07, 6.45) is 1.81. The molecule has 1 aliphatic rings. The average Bonchev–Trinajstić information content (AvgIpc) is 3.05. The standard InChI is InChI=1S/C15H19N3O3/c1-19-10-3-4-14(20-2)11(7-10)12-8-17-15(18-12)13-9-21-6-5-16-13/h3-4,7-8,13,16H,5-6,9H2,1-2H3,(H,17,18). The van der Waals surface area contributed by atoms with Crippen LogP contribution < -0.4 is 14.8 Å². The molecule has 1 aromatic carbocycles. The van der Waals surface area contributed by atoms with Crippen LogP contribution in [0, 0.1) is 0 Å². The third-order valence-corrected chi connectivity index (χ3v) is 3.54. The first-order valence-corrected chi connectivity index (χ1v) is 6.90. The van der Waals surface area contributed by atoms with Gasteiger partial charge in [-0.05, 0) is 18.2 Å². The summed E-state index contributed by atoms with van der Waals surface area (Å²) in [6.45, 7) is 2.21. The van der Waals surface area contributed by atoms with Gasteiger partial charge in [-0.25, -0.2) is 4.98 Å². The molecule has 3 rings (SSSR count). The summed E-state index contributed by atoms with van der Waals surface area (Å²) in [5.74, 6) is 2.43. The van der Waals surface area contributed by atoms with E-state index in [1.165, 1.54) is 0 Å². The van der Waals surface area contributed by atoms with Gasteiger partial charge in [-0.15, -0.1) is 0 Å². The molecule has 2 aromatic rings. The fraction of sp³-hybridized carbons (Fsp3) is 0.400. The fourth-order valence-electron chi connectivity index (χ4n) is 2.42. The van der Waals surface area contributed by atoms with Gasteiger partial charge in [0, 0.05) is 12.1 Å².